The maximum atomic E-state index is 11.5. The van der Waals surface area contributed by atoms with E-state index in [9.17, 15) is 14.4 Å². The number of carbonyl (C=O) groups excluding carboxylic acids is 2. The number of esters is 2. The van der Waals surface area contributed by atoms with Gasteiger partial charge in [-0.05, 0) is 42.0 Å². The Bertz CT molecular complexity index is 1100. The van der Waals surface area contributed by atoms with Gasteiger partial charge in [0.05, 0.1) is 19.1 Å². The number of aromatic amines is 1. The summed E-state index contributed by atoms with van der Waals surface area (Å²) < 4.78 is 9.63. The monoisotopic (exact) mass is 436 g/mol. The molecule has 1 heterocycles. The molecular weight excluding hydrogens is 416 g/mol. The highest BCUT2D eigenvalue weighted by Gasteiger charge is 2.06. The Morgan fingerprint density at radius 3 is 2.16 bits per heavy atom. The van der Waals surface area contributed by atoms with E-state index in [0.717, 1.165) is 17.4 Å². The number of imidazole rings is 1. The topological polar surface area (TPSA) is 139 Å². The number of nitrogens with one attached hydrogen (secondary N) is 1. The maximum absolute atomic E-state index is 11.5. The van der Waals surface area contributed by atoms with Crippen molar-refractivity contribution in [1.29, 1.82) is 0 Å². The van der Waals surface area contributed by atoms with Crippen LogP contribution in [0.5, 0.6) is 11.5 Å². The van der Waals surface area contributed by atoms with Crippen molar-refractivity contribution in [3.63, 3.8) is 0 Å². The van der Waals surface area contributed by atoms with E-state index >= 15 is 0 Å². The number of H-pyrrole nitrogens is 1. The summed E-state index contributed by atoms with van der Waals surface area (Å²) in [6.45, 7) is 0. The molecule has 0 aliphatic rings. The Balaban J connectivity index is 0.000000303. The largest absolute Gasteiger partial charge is 0.507 e. The fourth-order valence-electron chi connectivity index (χ4n) is 2.22. The van der Waals surface area contributed by atoms with Gasteiger partial charge >= 0.3 is 17.9 Å². The number of benzene rings is 2. The molecule has 0 amide bonds. The fraction of sp³-hybridized carbons (Fsp3) is 0.0435. The van der Waals surface area contributed by atoms with E-state index in [2.05, 4.69) is 14.7 Å². The van der Waals surface area contributed by atoms with Gasteiger partial charge < -0.3 is 24.7 Å². The first kappa shape index (κ1) is 23.6. The molecule has 164 valence electrons. The van der Waals surface area contributed by atoms with Crippen molar-refractivity contribution < 1.29 is 34.1 Å². The van der Waals surface area contributed by atoms with Crippen LogP contribution in [-0.4, -0.2) is 45.2 Å². The SMILES string of the molecule is COc1ccc(C=CC(=O)OC(=O)C=Cc2c[nH]cn2)cc1.O=C(O)c1ccccc1O. The first-order chi connectivity index (χ1) is 15.4. The van der Waals surface area contributed by atoms with Crippen LogP contribution >= 0.6 is 0 Å². The molecule has 0 aliphatic carbocycles. The van der Waals surface area contributed by atoms with E-state index in [1.807, 2.05) is 0 Å². The number of para-hydroxylation sites is 1. The molecule has 0 fully saturated rings. The highest BCUT2D eigenvalue weighted by Crippen LogP contribution is 2.14. The average molecular weight is 436 g/mol. The van der Waals surface area contributed by atoms with Crippen molar-refractivity contribution in [2.24, 2.45) is 0 Å². The molecule has 0 spiro atoms. The third kappa shape index (κ3) is 7.99. The molecule has 3 rings (SSSR count). The number of hydrogen-bond donors (Lipinski definition) is 3. The lowest BCUT2D eigenvalue weighted by Crippen LogP contribution is -2.06. The van der Waals surface area contributed by atoms with Crippen molar-refractivity contribution in [3.05, 3.63) is 90.0 Å². The van der Waals surface area contributed by atoms with Gasteiger partial charge in [0.1, 0.15) is 17.1 Å². The van der Waals surface area contributed by atoms with Crippen LogP contribution in [0.3, 0.4) is 0 Å². The smallest absolute Gasteiger partial charge is 0.339 e. The van der Waals surface area contributed by atoms with Gasteiger partial charge in [0.15, 0.2) is 0 Å². The Morgan fingerprint density at radius 2 is 1.62 bits per heavy atom. The lowest BCUT2D eigenvalue weighted by molar-refractivity contribution is -0.152. The highest BCUT2D eigenvalue weighted by molar-refractivity contribution is 5.99. The first-order valence-corrected chi connectivity index (χ1v) is 9.15. The van der Waals surface area contributed by atoms with Crippen molar-refractivity contribution >= 4 is 30.1 Å². The zero-order chi connectivity index (χ0) is 23.3. The van der Waals surface area contributed by atoms with E-state index < -0.39 is 17.9 Å². The Kier molecular flexibility index (Phi) is 8.95. The molecule has 0 saturated heterocycles. The lowest BCUT2D eigenvalue weighted by Gasteiger charge is -1.99. The molecule has 32 heavy (non-hydrogen) atoms. The molecule has 3 N–H and O–H groups in total. The quantitative estimate of drug-likeness (QED) is 0.304. The molecule has 2 aromatic carbocycles. The number of carbonyl (C=O) groups is 3. The van der Waals surface area contributed by atoms with Crippen molar-refractivity contribution in [2.75, 3.05) is 7.11 Å². The second-order valence-electron chi connectivity index (χ2n) is 6.00. The molecular formula is C23H20N2O7. The van der Waals surface area contributed by atoms with Crippen LogP contribution < -0.4 is 4.74 Å². The van der Waals surface area contributed by atoms with Crippen molar-refractivity contribution in [1.82, 2.24) is 9.97 Å². The van der Waals surface area contributed by atoms with Crippen LogP contribution in [0.4, 0.5) is 0 Å². The van der Waals surface area contributed by atoms with E-state index in [4.69, 9.17) is 14.9 Å². The molecule has 0 radical (unpaired) electrons. The van der Waals surface area contributed by atoms with Gasteiger partial charge in [0.2, 0.25) is 0 Å². The number of ether oxygens (including phenoxy) is 2. The van der Waals surface area contributed by atoms with Crippen LogP contribution in [0.2, 0.25) is 0 Å². The Hall–Kier alpha value is -4.66. The third-order valence-electron chi connectivity index (χ3n) is 3.77. The van der Waals surface area contributed by atoms with E-state index in [0.29, 0.717) is 5.69 Å². The molecule has 0 bridgehead atoms. The fourth-order valence-corrected chi connectivity index (χ4v) is 2.22. The minimum atomic E-state index is -1.11. The normalized spacial score (nSPS) is 10.4. The molecule has 0 aliphatic heterocycles. The molecule has 9 heteroatoms. The molecule has 0 saturated carbocycles. The van der Waals surface area contributed by atoms with E-state index in [-0.39, 0.29) is 11.3 Å². The number of aromatic carboxylic acids is 1. The number of hydrogen-bond acceptors (Lipinski definition) is 7. The van der Waals surface area contributed by atoms with Crippen LogP contribution in [0.15, 0.2) is 73.2 Å². The zero-order valence-electron chi connectivity index (χ0n) is 17.0. The number of methoxy groups -OCH3 is 1. The van der Waals surface area contributed by atoms with Crippen molar-refractivity contribution in [3.8, 4) is 11.5 Å². The molecule has 0 atom stereocenters. The summed E-state index contributed by atoms with van der Waals surface area (Å²) in [6, 6.07) is 12.9. The number of aromatic hydroxyl groups is 1. The summed E-state index contributed by atoms with van der Waals surface area (Å²) in [5.41, 5.74) is 1.29. The number of carboxylic acids is 1. The second kappa shape index (κ2) is 12.1. The summed E-state index contributed by atoms with van der Waals surface area (Å²) in [5, 5.41) is 17.3. The number of aromatic nitrogens is 2. The number of nitrogens with zero attached hydrogens (tertiary/aromatic N) is 1. The third-order valence-corrected chi connectivity index (χ3v) is 3.77. The van der Waals surface area contributed by atoms with Gasteiger partial charge in [-0.2, -0.15) is 0 Å². The standard InChI is InChI=1S/C16H14N2O4.C7H6O3/c1-21-14-6-2-12(3-7-14)4-8-15(19)22-16(20)9-5-13-10-17-11-18-13;8-6-4-2-1-3-5(6)7(9)10/h2-11H,1H3,(H,17,18);1-4,8H,(H,9,10). The van der Waals surface area contributed by atoms with Gasteiger partial charge in [-0.25, -0.2) is 19.4 Å². The van der Waals surface area contributed by atoms with Gasteiger partial charge in [-0.15, -0.1) is 0 Å². The number of carboxylic acid groups (broad SMARTS) is 1. The predicted octanol–water partition coefficient (Wildman–Crippen LogP) is 3.31. The van der Waals surface area contributed by atoms with Gasteiger partial charge in [-0.1, -0.05) is 24.3 Å². The Labute approximate surface area is 183 Å². The summed E-state index contributed by atoms with van der Waals surface area (Å²) in [6.07, 6.45) is 8.39. The number of rotatable bonds is 6. The van der Waals surface area contributed by atoms with Crippen LogP contribution in [0.25, 0.3) is 12.2 Å². The van der Waals surface area contributed by atoms with Gasteiger partial charge in [0, 0.05) is 18.3 Å². The van der Waals surface area contributed by atoms with Crippen LogP contribution in [0, 0.1) is 0 Å². The van der Waals surface area contributed by atoms with Crippen LogP contribution in [0.1, 0.15) is 21.6 Å². The highest BCUT2D eigenvalue weighted by atomic mass is 16.6. The maximum Gasteiger partial charge on any atom is 0.339 e. The minimum absolute atomic E-state index is 0.0671. The molecule has 1 aromatic heterocycles. The minimum Gasteiger partial charge on any atom is -0.507 e. The Morgan fingerprint density at radius 1 is 0.969 bits per heavy atom. The van der Waals surface area contributed by atoms with E-state index in [1.165, 1.54) is 30.6 Å². The molecule has 3 aromatic rings. The summed E-state index contributed by atoms with van der Waals surface area (Å²) >= 11 is 0. The average Bonchev–Trinajstić information content (AvgIpc) is 3.31. The van der Waals surface area contributed by atoms with Gasteiger partial charge in [-0.3, -0.25) is 0 Å². The summed E-state index contributed by atoms with van der Waals surface area (Å²) in [4.78, 5) is 39.8. The van der Waals surface area contributed by atoms with Crippen LogP contribution in [-0.2, 0) is 14.3 Å². The van der Waals surface area contributed by atoms with Crippen molar-refractivity contribution in [2.45, 2.75) is 0 Å². The lowest BCUT2D eigenvalue weighted by atomic mass is 10.2. The number of phenols is 1. The second-order valence-corrected chi connectivity index (χ2v) is 6.00. The van der Waals surface area contributed by atoms with E-state index in [1.54, 1.807) is 55.8 Å². The molecule has 0 unspecified atom stereocenters. The predicted molar refractivity (Wildman–Crippen MR) is 116 cm³/mol. The summed E-state index contributed by atoms with van der Waals surface area (Å²) in [5.74, 6) is -2.09. The molecule has 9 nitrogen and oxygen atoms in total. The summed E-state index contributed by atoms with van der Waals surface area (Å²) in [7, 11) is 1.57. The zero-order valence-corrected chi connectivity index (χ0v) is 17.0. The van der Waals surface area contributed by atoms with Gasteiger partial charge in [0.25, 0.3) is 0 Å². The first-order valence-electron chi connectivity index (χ1n) is 9.15.